The lowest BCUT2D eigenvalue weighted by Gasteiger charge is -2.05. The molecule has 3 rings (SSSR count). The van der Waals surface area contributed by atoms with Crippen molar-refractivity contribution in [2.45, 2.75) is 6.54 Å². The molecule has 2 heterocycles. The van der Waals surface area contributed by atoms with E-state index >= 15 is 0 Å². The standard InChI is InChI=1S/C17H14F2N4O/c1-23-12(9-16(22-23)15-4-2-3-7-20-15)10-21-17(24)11-5-6-13(18)14(19)8-11/h2-9H,10H2,1H3,(H,21,24). The van der Waals surface area contributed by atoms with Gasteiger partial charge in [-0.1, -0.05) is 6.07 Å². The maximum atomic E-state index is 13.2. The van der Waals surface area contributed by atoms with Gasteiger partial charge in [0.15, 0.2) is 11.6 Å². The Morgan fingerprint density at radius 1 is 1.12 bits per heavy atom. The Balaban J connectivity index is 1.71. The summed E-state index contributed by atoms with van der Waals surface area (Å²) in [5.41, 5.74) is 2.23. The van der Waals surface area contributed by atoms with E-state index in [0.29, 0.717) is 5.69 Å². The van der Waals surface area contributed by atoms with E-state index in [4.69, 9.17) is 0 Å². The first-order chi connectivity index (χ1) is 11.5. The Morgan fingerprint density at radius 3 is 2.67 bits per heavy atom. The van der Waals surface area contributed by atoms with E-state index in [1.165, 1.54) is 6.07 Å². The van der Waals surface area contributed by atoms with E-state index in [9.17, 15) is 13.6 Å². The minimum atomic E-state index is -1.05. The van der Waals surface area contributed by atoms with Crippen molar-refractivity contribution in [2.24, 2.45) is 7.05 Å². The van der Waals surface area contributed by atoms with Crippen LogP contribution in [0.15, 0.2) is 48.7 Å². The molecule has 0 aliphatic heterocycles. The highest BCUT2D eigenvalue weighted by Crippen LogP contribution is 2.16. The van der Waals surface area contributed by atoms with E-state index in [0.717, 1.165) is 23.5 Å². The number of hydrogen-bond donors (Lipinski definition) is 1. The number of carbonyl (C=O) groups is 1. The third kappa shape index (κ3) is 3.29. The van der Waals surface area contributed by atoms with Crippen LogP contribution in [-0.4, -0.2) is 20.7 Å². The van der Waals surface area contributed by atoms with Crippen LogP contribution in [0.2, 0.25) is 0 Å². The fourth-order valence-electron chi connectivity index (χ4n) is 2.22. The zero-order chi connectivity index (χ0) is 17.1. The van der Waals surface area contributed by atoms with Gasteiger partial charge in [-0.2, -0.15) is 5.10 Å². The molecule has 0 spiro atoms. The maximum Gasteiger partial charge on any atom is 0.251 e. The molecular formula is C17H14F2N4O. The zero-order valence-corrected chi connectivity index (χ0v) is 12.8. The highest BCUT2D eigenvalue weighted by molar-refractivity contribution is 5.94. The third-order valence-electron chi connectivity index (χ3n) is 3.52. The summed E-state index contributed by atoms with van der Waals surface area (Å²) in [6.45, 7) is 0.203. The van der Waals surface area contributed by atoms with Crippen LogP contribution in [0.3, 0.4) is 0 Å². The molecule has 7 heteroatoms. The molecule has 122 valence electrons. The maximum absolute atomic E-state index is 13.2. The highest BCUT2D eigenvalue weighted by Gasteiger charge is 2.12. The summed E-state index contributed by atoms with van der Waals surface area (Å²) >= 11 is 0. The molecular weight excluding hydrogens is 314 g/mol. The van der Waals surface area contributed by atoms with E-state index in [-0.39, 0.29) is 12.1 Å². The molecule has 2 aromatic heterocycles. The Kier molecular flexibility index (Phi) is 4.33. The molecule has 0 aliphatic carbocycles. The van der Waals surface area contributed by atoms with E-state index < -0.39 is 17.5 Å². The van der Waals surface area contributed by atoms with Gasteiger partial charge in [-0.25, -0.2) is 8.78 Å². The Labute approximate surface area is 137 Å². The normalized spacial score (nSPS) is 10.6. The molecule has 0 fully saturated rings. The van der Waals surface area contributed by atoms with Crippen molar-refractivity contribution in [3.05, 3.63) is 71.6 Å². The first-order valence-corrected chi connectivity index (χ1v) is 7.22. The minimum Gasteiger partial charge on any atom is -0.346 e. The van der Waals surface area contributed by atoms with Gasteiger partial charge in [0.25, 0.3) is 5.91 Å². The minimum absolute atomic E-state index is 0.0565. The zero-order valence-electron chi connectivity index (χ0n) is 12.8. The summed E-state index contributed by atoms with van der Waals surface area (Å²) < 4.78 is 27.7. The fraction of sp³-hybridized carbons (Fsp3) is 0.118. The number of aromatic nitrogens is 3. The summed E-state index contributed by atoms with van der Waals surface area (Å²) in [7, 11) is 1.76. The molecule has 24 heavy (non-hydrogen) atoms. The van der Waals surface area contributed by atoms with Gasteiger partial charge in [-0.05, 0) is 36.4 Å². The van der Waals surface area contributed by atoms with Crippen LogP contribution < -0.4 is 5.32 Å². The summed E-state index contributed by atoms with van der Waals surface area (Å²) in [5, 5.41) is 7.01. The Hall–Kier alpha value is -3.09. The number of amides is 1. The number of rotatable bonds is 4. The van der Waals surface area contributed by atoms with E-state index in [1.807, 2.05) is 24.3 Å². The third-order valence-corrected chi connectivity index (χ3v) is 3.52. The number of hydrogen-bond acceptors (Lipinski definition) is 3. The lowest BCUT2D eigenvalue weighted by Crippen LogP contribution is -2.24. The smallest absolute Gasteiger partial charge is 0.251 e. The number of pyridine rings is 1. The lowest BCUT2D eigenvalue weighted by atomic mass is 10.2. The predicted molar refractivity (Wildman–Crippen MR) is 84.0 cm³/mol. The van der Waals surface area contributed by atoms with Crippen LogP contribution in [0.5, 0.6) is 0 Å². The largest absolute Gasteiger partial charge is 0.346 e. The van der Waals surface area contributed by atoms with Crippen LogP contribution in [0.25, 0.3) is 11.4 Å². The molecule has 0 radical (unpaired) electrons. The van der Waals surface area contributed by atoms with Crippen molar-refractivity contribution in [1.82, 2.24) is 20.1 Å². The van der Waals surface area contributed by atoms with Crippen molar-refractivity contribution >= 4 is 5.91 Å². The molecule has 0 bridgehead atoms. The molecule has 0 aliphatic rings. The van der Waals surface area contributed by atoms with Crippen LogP contribution in [-0.2, 0) is 13.6 Å². The second kappa shape index (κ2) is 6.57. The van der Waals surface area contributed by atoms with Crippen molar-refractivity contribution < 1.29 is 13.6 Å². The second-order valence-corrected chi connectivity index (χ2v) is 5.17. The highest BCUT2D eigenvalue weighted by atomic mass is 19.2. The van der Waals surface area contributed by atoms with E-state index in [1.54, 1.807) is 17.9 Å². The van der Waals surface area contributed by atoms with Crippen LogP contribution in [0.4, 0.5) is 8.78 Å². The molecule has 1 aromatic carbocycles. The summed E-state index contributed by atoms with van der Waals surface area (Å²) in [4.78, 5) is 16.3. The van der Waals surface area contributed by atoms with Crippen LogP contribution in [0, 0.1) is 11.6 Å². The van der Waals surface area contributed by atoms with Crippen LogP contribution >= 0.6 is 0 Å². The topological polar surface area (TPSA) is 59.8 Å². The second-order valence-electron chi connectivity index (χ2n) is 5.17. The Bertz CT molecular complexity index is 878. The quantitative estimate of drug-likeness (QED) is 0.801. The summed E-state index contributed by atoms with van der Waals surface area (Å²) in [5.74, 6) is -2.53. The van der Waals surface area contributed by atoms with Crippen molar-refractivity contribution in [3.63, 3.8) is 0 Å². The van der Waals surface area contributed by atoms with Crippen molar-refractivity contribution in [1.29, 1.82) is 0 Å². The average Bonchev–Trinajstić information content (AvgIpc) is 2.97. The summed E-state index contributed by atoms with van der Waals surface area (Å²) in [6, 6.07) is 10.4. The molecule has 3 aromatic rings. The number of nitrogens with one attached hydrogen (secondary N) is 1. The molecule has 0 saturated carbocycles. The molecule has 5 nitrogen and oxygen atoms in total. The van der Waals surface area contributed by atoms with Crippen LogP contribution in [0.1, 0.15) is 16.1 Å². The number of carbonyl (C=O) groups excluding carboxylic acids is 1. The van der Waals surface area contributed by atoms with Gasteiger partial charge in [-0.3, -0.25) is 14.5 Å². The van der Waals surface area contributed by atoms with Gasteiger partial charge in [0, 0.05) is 18.8 Å². The SMILES string of the molecule is Cn1nc(-c2ccccn2)cc1CNC(=O)c1ccc(F)c(F)c1. The lowest BCUT2D eigenvalue weighted by molar-refractivity contribution is 0.0949. The fourth-order valence-corrected chi connectivity index (χ4v) is 2.22. The molecule has 1 N–H and O–H groups in total. The van der Waals surface area contributed by atoms with Gasteiger partial charge in [0.1, 0.15) is 5.69 Å². The van der Waals surface area contributed by atoms with E-state index in [2.05, 4.69) is 15.4 Å². The average molecular weight is 328 g/mol. The van der Waals surface area contributed by atoms with Gasteiger partial charge < -0.3 is 5.32 Å². The van der Waals surface area contributed by atoms with Crippen molar-refractivity contribution in [2.75, 3.05) is 0 Å². The van der Waals surface area contributed by atoms with Crippen molar-refractivity contribution in [3.8, 4) is 11.4 Å². The first-order valence-electron chi connectivity index (χ1n) is 7.22. The number of aryl methyl sites for hydroxylation is 1. The molecule has 0 atom stereocenters. The molecule has 1 amide bonds. The Morgan fingerprint density at radius 2 is 1.96 bits per heavy atom. The first kappa shape index (κ1) is 15.8. The predicted octanol–water partition coefficient (Wildman–Crippen LogP) is 2.69. The van der Waals surface area contributed by atoms with Gasteiger partial charge in [0.05, 0.1) is 17.9 Å². The van der Waals surface area contributed by atoms with Gasteiger partial charge in [0.2, 0.25) is 0 Å². The monoisotopic (exact) mass is 328 g/mol. The number of benzene rings is 1. The molecule has 0 saturated heterocycles. The van der Waals surface area contributed by atoms with Gasteiger partial charge in [-0.15, -0.1) is 0 Å². The number of halogens is 2. The molecule has 0 unspecified atom stereocenters. The van der Waals surface area contributed by atoms with Gasteiger partial charge >= 0.3 is 0 Å². The summed E-state index contributed by atoms with van der Waals surface area (Å²) in [6.07, 6.45) is 1.68. The number of nitrogens with zero attached hydrogens (tertiary/aromatic N) is 3.